The monoisotopic (exact) mass is 457 g/mol. The Morgan fingerprint density at radius 1 is 0.906 bits per heavy atom. The van der Waals surface area contributed by atoms with E-state index >= 15 is 0 Å². The molecule has 32 heavy (non-hydrogen) atoms. The number of nitrogens with zero attached hydrogens (tertiary/aromatic N) is 1. The van der Waals surface area contributed by atoms with E-state index in [0.29, 0.717) is 11.1 Å². The number of benzene rings is 1. The van der Waals surface area contributed by atoms with Crippen LogP contribution in [0.1, 0.15) is 118 Å². The molecule has 2 aromatic rings. The number of aryl methyl sites for hydroxylation is 1. The summed E-state index contributed by atoms with van der Waals surface area (Å²) in [6.45, 7) is 4.45. The first-order valence-corrected chi connectivity index (χ1v) is 13.0. The van der Waals surface area contributed by atoms with E-state index < -0.39 is 5.97 Å². The quantitative estimate of drug-likeness (QED) is 0.202. The van der Waals surface area contributed by atoms with Crippen LogP contribution in [-0.4, -0.2) is 16.1 Å². The normalized spacial score (nSPS) is 12.1. The van der Waals surface area contributed by atoms with Crippen molar-refractivity contribution in [1.29, 1.82) is 0 Å². The highest BCUT2D eigenvalue weighted by Crippen LogP contribution is 2.33. The van der Waals surface area contributed by atoms with Gasteiger partial charge in [-0.3, -0.25) is 4.98 Å². The Kier molecular flexibility index (Phi) is 12.4. The number of carbonyl (C=O) groups is 1. The van der Waals surface area contributed by atoms with Crippen molar-refractivity contribution in [2.24, 2.45) is 0 Å². The summed E-state index contributed by atoms with van der Waals surface area (Å²) in [6.07, 6.45) is 17.3. The van der Waals surface area contributed by atoms with Crippen molar-refractivity contribution in [1.82, 2.24) is 4.98 Å². The highest BCUT2D eigenvalue weighted by atomic mass is 35.5. The topological polar surface area (TPSA) is 50.2 Å². The van der Waals surface area contributed by atoms with Crippen molar-refractivity contribution in [2.75, 3.05) is 0 Å². The van der Waals surface area contributed by atoms with Crippen LogP contribution in [0.2, 0.25) is 0 Å². The van der Waals surface area contributed by atoms with Gasteiger partial charge in [-0.15, -0.1) is 11.6 Å². The minimum atomic E-state index is -0.925. The zero-order chi connectivity index (χ0) is 23.2. The number of aromatic carboxylic acids is 1. The molecule has 0 amide bonds. The Bertz CT molecular complexity index is 804. The third-order valence-electron chi connectivity index (χ3n) is 6.12. The molecule has 0 aliphatic carbocycles. The molecular formula is C28H40ClNO2. The van der Waals surface area contributed by atoms with Crippen LogP contribution in [-0.2, 0) is 6.42 Å². The SMILES string of the molecule is CCCCCCCC[C@H](Cl)c1cc(-c2ccc(CCCCCCC)cn2)ccc1C(=O)O. The summed E-state index contributed by atoms with van der Waals surface area (Å²) in [5, 5.41) is 9.35. The molecule has 1 heterocycles. The molecule has 0 aliphatic heterocycles. The third-order valence-corrected chi connectivity index (χ3v) is 6.57. The van der Waals surface area contributed by atoms with Crippen LogP contribution in [0, 0.1) is 0 Å². The van der Waals surface area contributed by atoms with Crippen LogP contribution in [0.4, 0.5) is 0 Å². The van der Waals surface area contributed by atoms with Gasteiger partial charge in [0.15, 0.2) is 0 Å². The summed E-state index contributed by atoms with van der Waals surface area (Å²) < 4.78 is 0. The van der Waals surface area contributed by atoms with Gasteiger partial charge in [-0.05, 0) is 48.6 Å². The number of rotatable bonds is 16. The molecule has 0 unspecified atom stereocenters. The van der Waals surface area contributed by atoms with Gasteiger partial charge in [-0.25, -0.2) is 4.79 Å². The minimum absolute atomic E-state index is 0.295. The fourth-order valence-corrected chi connectivity index (χ4v) is 4.45. The van der Waals surface area contributed by atoms with Crippen LogP contribution in [0.25, 0.3) is 11.3 Å². The maximum absolute atomic E-state index is 11.8. The minimum Gasteiger partial charge on any atom is -0.478 e. The first kappa shape index (κ1) is 26.4. The number of unbranched alkanes of at least 4 members (excludes halogenated alkanes) is 9. The molecule has 1 aromatic heterocycles. The van der Waals surface area contributed by atoms with Crippen molar-refractivity contribution in [3.05, 3.63) is 53.2 Å². The maximum Gasteiger partial charge on any atom is 0.336 e. The van der Waals surface area contributed by atoms with E-state index in [9.17, 15) is 9.90 Å². The summed E-state index contributed by atoms with van der Waals surface area (Å²) in [7, 11) is 0. The van der Waals surface area contributed by atoms with E-state index in [1.54, 1.807) is 6.07 Å². The molecule has 1 aromatic carbocycles. The molecule has 1 atom stereocenters. The van der Waals surface area contributed by atoms with E-state index in [4.69, 9.17) is 11.6 Å². The number of aromatic nitrogens is 1. The largest absolute Gasteiger partial charge is 0.478 e. The number of alkyl halides is 1. The van der Waals surface area contributed by atoms with Gasteiger partial charge in [0.2, 0.25) is 0 Å². The molecule has 0 fully saturated rings. The van der Waals surface area contributed by atoms with E-state index in [1.165, 1.54) is 63.4 Å². The molecule has 2 rings (SSSR count). The second kappa shape index (κ2) is 15.1. The lowest BCUT2D eigenvalue weighted by Gasteiger charge is -2.15. The van der Waals surface area contributed by atoms with Crippen molar-refractivity contribution in [3.8, 4) is 11.3 Å². The molecule has 0 spiro atoms. The molecule has 3 nitrogen and oxygen atoms in total. The maximum atomic E-state index is 11.8. The number of carboxylic acids is 1. The molecule has 0 radical (unpaired) electrons. The lowest BCUT2D eigenvalue weighted by Crippen LogP contribution is -2.05. The number of carboxylic acid groups (broad SMARTS) is 1. The molecule has 0 bridgehead atoms. The Labute approximate surface area is 199 Å². The molecule has 0 aliphatic rings. The standard InChI is InChI=1S/C28H40ClNO2/c1-3-5-7-9-11-13-15-26(29)25-20-23(17-18-24(25)28(31)32)27-19-16-22(21-30-27)14-12-10-8-6-4-2/h16-21,26H,3-15H2,1-2H3,(H,31,32)/t26-/m0/s1. The van der Waals surface area contributed by atoms with E-state index in [-0.39, 0.29) is 5.38 Å². The summed E-state index contributed by atoms with van der Waals surface area (Å²) in [4.78, 5) is 16.4. The Balaban J connectivity index is 2.02. The highest BCUT2D eigenvalue weighted by molar-refractivity contribution is 6.21. The summed E-state index contributed by atoms with van der Waals surface area (Å²) >= 11 is 6.69. The average Bonchev–Trinajstić information content (AvgIpc) is 2.81. The van der Waals surface area contributed by atoms with Crippen LogP contribution in [0.15, 0.2) is 36.5 Å². The van der Waals surface area contributed by atoms with Crippen molar-refractivity contribution >= 4 is 17.6 Å². The first-order chi connectivity index (χ1) is 15.6. The fourth-order valence-electron chi connectivity index (χ4n) is 4.11. The lowest BCUT2D eigenvalue weighted by atomic mass is 9.96. The Morgan fingerprint density at radius 3 is 2.19 bits per heavy atom. The third kappa shape index (κ3) is 8.94. The van der Waals surface area contributed by atoms with E-state index in [1.807, 2.05) is 24.4 Å². The Morgan fingerprint density at radius 2 is 1.56 bits per heavy atom. The molecule has 0 saturated heterocycles. The number of pyridine rings is 1. The molecule has 176 valence electrons. The van der Waals surface area contributed by atoms with Gasteiger partial charge in [0.25, 0.3) is 0 Å². The van der Waals surface area contributed by atoms with Crippen LogP contribution in [0.3, 0.4) is 0 Å². The van der Waals surface area contributed by atoms with Crippen molar-refractivity contribution in [3.63, 3.8) is 0 Å². The van der Waals surface area contributed by atoms with Gasteiger partial charge in [-0.1, -0.05) is 90.2 Å². The zero-order valence-electron chi connectivity index (χ0n) is 19.9. The van der Waals surface area contributed by atoms with Gasteiger partial charge in [0, 0.05) is 11.8 Å². The van der Waals surface area contributed by atoms with Gasteiger partial charge in [0.05, 0.1) is 16.6 Å². The predicted octanol–water partition coefficient (Wildman–Crippen LogP) is 8.99. The van der Waals surface area contributed by atoms with Crippen LogP contribution in [0.5, 0.6) is 0 Å². The summed E-state index contributed by atoms with van der Waals surface area (Å²) in [6, 6.07) is 9.62. The number of halogens is 1. The van der Waals surface area contributed by atoms with Gasteiger partial charge in [0.1, 0.15) is 0 Å². The van der Waals surface area contributed by atoms with Crippen molar-refractivity contribution in [2.45, 2.75) is 103 Å². The zero-order valence-corrected chi connectivity index (χ0v) is 20.7. The fraction of sp³-hybridized carbons (Fsp3) is 0.571. The number of hydrogen-bond acceptors (Lipinski definition) is 2. The average molecular weight is 458 g/mol. The Hall–Kier alpha value is -1.87. The first-order valence-electron chi connectivity index (χ1n) is 12.5. The van der Waals surface area contributed by atoms with Crippen molar-refractivity contribution < 1.29 is 9.90 Å². The smallest absolute Gasteiger partial charge is 0.336 e. The summed E-state index contributed by atoms with van der Waals surface area (Å²) in [5.41, 5.74) is 4.04. The van der Waals surface area contributed by atoms with Gasteiger partial charge >= 0.3 is 5.97 Å². The highest BCUT2D eigenvalue weighted by Gasteiger charge is 2.18. The van der Waals surface area contributed by atoms with E-state index in [2.05, 4.69) is 24.9 Å². The van der Waals surface area contributed by atoms with Gasteiger partial charge < -0.3 is 5.11 Å². The number of hydrogen-bond donors (Lipinski definition) is 1. The molecule has 0 saturated carbocycles. The summed E-state index contributed by atoms with van der Waals surface area (Å²) in [5.74, 6) is -0.925. The molecular weight excluding hydrogens is 418 g/mol. The van der Waals surface area contributed by atoms with Gasteiger partial charge in [-0.2, -0.15) is 0 Å². The molecule has 4 heteroatoms. The van der Waals surface area contributed by atoms with Crippen LogP contribution < -0.4 is 0 Å². The van der Waals surface area contributed by atoms with Crippen LogP contribution >= 0.6 is 11.6 Å². The molecule has 1 N–H and O–H groups in total. The second-order valence-corrected chi connectivity index (χ2v) is 9.37. The second-order valence-electron chi connectivity index (χ2n) is 8.85. The lowest BCUT2D eigenvalue weighted by molar-refractivity contribution is 0.0695. The van der Waals surface area contributed by atoms with E-state index in [0.717, 1.165) is 36.9 Å². The predicted molar refractivity (Wildman–Crippen MR) is 136 cm³/mol.